The summed E-state index contributed by atoms with van der Waals surface area (Å²) in [5.41, 5.74) is 2.04. The van der Waals surface area contributed by atoms with E-state index >= 15 is 0 Å². The first kappa shape index (κ1) is 15.6. The van der Waals surface area contributed by atoms with Gasteiger partial charge in [-0.15, -0.1) is 0 Å². The Labute approximate surface area is 142 Å². The first-order valence-electron chi connectivity index (χ1n) is 9.00. The number of hydrogen-bond acceptors (Lipinski definition) is 3. The lowest BCUT2D eigenvalue weighted by molar-refractivity contribution is 0.0697. The molecular formula is C19H25N3O2. The zero-order valence-corrected chi connectivity index (χ0v) is 14.4. The minimum absolute atomic E-state index is 0.275. The van der Waals surface area contributed by atoms with E-state index in [9.17, 15) is 9.90 Å². The van der Waals surface area contributed by atoms with Crippen molar-refractivity contribution in [1.29, 1.82) is 0 Å². The Bertz CT molecular complexity index is 770. The highest BCUT2D eigenvalue weighted by Crippen LogP contribution is 2.37. The number of hydrogen-bond donors (Lipinski definition) is 1. The van der Waals surface area contributed by atoms with Crippen LogP contribution in [0.5, 0.6) is 0 Å². The van der Waals surface area contributed by atoms with Gasteiger partial charge < -0.3 is 14.6 Å². The van der Waals surface area contributed by atoms with Gasteiger partial charge >= 0.3 is 5.97 Å². The molecule has 2 fully saturated rings. The Morgan fingerprint density at radius 3 is 2.62 bits per heavy atom. The molecule has 2 aliphatic rings. The number of rotatable bonds is 4. The molecule has 0 spiro atoms. The van der Waals surface area contributed by atoms with Crippen molar-refractivity contribution in [1.82, 2.24) is 14.5 Å². The zero-order valence-electron chi connectivity index (χ0n) is 14.4. The predicted octanol–water partition coefficient (Wildman–Crippen LogP) is 3.48. The molecule has 4 rings (SSSR count). The Morgan fingerprint density at radius 1 is 1.29 bits per heavy atom. The lowest BCUT2D eigenvalue weighted by Gasteiger charge is -2.36. The van der Waals surface area contributed by atoms with E-state index in [4.69, 9.17) is 0 Å². The lowest BCUT2D eigenvalue weighted by Crippen LogP contribution is -2.37. The van der Waals surface area contributed by atoms with Gasteiger partial charge in [-0.25, -0.2) is 9.78 Å². The van der Waals surface area contributed by atoms with Crippen molar-refractivity contribution in [3.8, 4) is 0 Å². The molecule has 5 nitrogen and oxygen atoms in total. The molecule has 1 saturated heterocycles. The fourth-order valence-corrected chi connectivity index (χ4v) is 4.44. The number of aromatic carboxylic acids is 1. The molecule has 3 heterocycles. The van der Waals surface area contributed by atoms with Gasteiger partial charge in [0.2, 0.25) is 0 Å². The molecule has 2 aromatic rings. The molecule has 0 bridgehead atoms. The fraction of sp³-hybridized carbons (Fsp3) is 0.579. The number of fused-ring (bicyclic) bond motifs is 1. The predicted molar refractivity (Wildman–Crippen MR) is 93.5 cm³/mol. The van der Waals surface area contributed by atoms with E-state index in [0.717, 1.165) is 22.8 Å². The molecule has 5 heteroatoms. The maximum Gasteiger partial charge on any atom is 0.338 e. The van der Waals surface area contributed by atoms with Crippen molar-refractivity contribution in [2.45, 2.75) is 51.6 Å². The summed E-state index contributed by atoms with van der Waals surface area (Å²) in [4.78, 5) is 18.9. The van der Waals surface area contributed by atoms with Crippen LogP contribution in [0, 0.1) is 12.8 Å². The van der Waals surface area contributed by atoms with E-state index in [1.807, 2.05) is 19.1 Å². The highest BCUT2D eigenvalue weighted by atomic mass is 16.4. The first-order chi connectivity index (χ1) is 11.6. The molecule has 1 aliphatic heterocycles. The van der Waals surface area contributed by atoms with E-state index < -0.39 is 5.97 Å². The standard InChI is InChI=1S/C19H25N3O2/c1-12(14-7-10-21(11-8-14)15-5-6-15)22-13(2)17(19(23)24)16-4-3-9-20-18(16)22/h3-4,9,12,14-15H,5-8,10-11H2,1-2H3,(H,23,24)/t12-/m1/s1. The molecule has 2 aromatic heterocycles. The van der Waals surface area contributed by atoms with Gasteiger partial charge in [-0.2, -0.15) is 0 Å². The molecule has 0 radical (unpaired) electrons. The van der Waals surface area contributed by atoms with E-state index in [2.05, 4.69) is 21.4 Å². The third-order valence-corrected chi connectivity index (χ3v) is 5.95. The summed E-state index contributed by atoms with van der Waals surface area (Å²) >= 11 is 0. The summed E-state index contributed by atoms with van der Waals surface area (Å²) in [5.74, 6) is -0.280. The topological polar surface area (TPSA) is 58.4 Å². The molecule has 1 N–H and O–H groups in total. The van der Waals surface area contributed by atoms with Crippen LogP contribution in [0.15, 0.2) is 18.3 Å². The number of aromatic nitrogens is 2. The van der Waals surface area contributed by atoms with E-state index in [-0.39, 0.29) is 6.04 Å². The third-order valence-electron chi connectivity index (χ3n) is 5.95. The van der Waals surface area contributed by atoms with Gasteiger partial charge in [-0.1, -0.05) is 0 Å². The van der Waals surface area contributed by atoms with Crippen LogP contribution < -0.4 is 0 Å². The highest BCUT2D eigenvalue weighted by molar-refractivity contribution is 6.04. The summed E-state index contributed by atoms with van der Waals surface area (Å²) < 4.78 is 2.16. The van der Waals surface area contributed by atoms with Crippen LogP contribution in [0.4, 0.5) is 0 Å². The number of carboxylic acid groups (broad SMARTS) is 1. The first-order valence-corrected chi connectivity index (χ1v) is 9.00. The van der Waals surface area contributed by atoms with Crippen LogP contribution in [-0.4, -0.2) is 44.7 Å². The fourth-order valence-electron chi connectivity index (χ4n) is 4.44. The number of piperidine rings is 1. The van der Waals surface area contributed by atoms with Gasteiger partial charge in [0.25, 0.3) is 0 Å². The third kappa shape index (κ3) is 2.51. The second-order valence-electron chi connectivity index (χ2n) is 7.36. The van der Waals surface area contributed by atoms with E-state index in [0.29, 0.717) is 11.5 Å². The van der Waals surface area contributed by atoms with E-state index in [1.54, 1.807) is 6.20 Å². The maximum atomic E-state index is 11.7. The number of carbonyl (C=O) groups is 1. The summed E-state index contributed by atoms with van der Waals surface area (Å²) in [6.45, 7) is 6.50. The lowest BCUT2D eigenvalue weighted by atomic mass is 9.90. The van der Waals surface area contributed by atoms with Crippen molar-refractivity contribution in [3.63, 3.8) is 0 Å². The van der Waals surface area contributed by atoms with Gasteiger partial charge in [0.1, 0.15) is 5.65 Å². The number of likely N-dealkylation sites (tertiary alicyclic amines) is 1. The average Bonchev–Trinajstić information content (AvgIpc) is 3.37. The molecule has 128 valence electrons. The van der Waals surface area contributed by atoms with Crippen molar-refractivity contribution >= 4 is 17.0 Å². The van der Waals surface area contributed by atoms with Gasteiger partial charge in [0, 0.05) is 29.4 Å². The van der Waals surface area contributed by atoms with Crippen LogP contribution >= 0.6 is 0 Å². The minimum atomic E-state index is -0.861. The molecule has 0 unspecified atom stereocenters. The number of carboxylic acids is 1. The molecule has 0 amide bonds. The second kappa shape index (κ2) is 5.88. The summed E-state index contributed by atoms with van der Waals surface area (Å²) in [7, 11) is 0. The Balaban J connectivity index is 1.66. The van der Waals surface area contributed by atoms with Gasteiger partial charge in [0.05, 0.1) is 5.56 Å². The molecule has 24 heavy (non-hydrogen) atoms. The summed E-state index contributed by atoms with van der Waals surface area (Å²) in [5, 5.41) is 10.4. The second-order valence-corrected chi connectivity index (χ2v) is 7.36. The van der Waals surface area contributed by atoms with Crippen LogP contribution in [0.25, 0.3) is 11.0 Å². The Morgan fingerprint density at radius 2 is 2.00 bits per heavy atom. The van der Waals surface area contributed by atoms with Crippen molar-refractivity contribution < 1.29 is 9.90 Å². The minimum Gasteiger partial charge on any atom is -0.478 e. The molecule has 1 atom stereocenters. The molecule has 1 aliphatic carbocycles. The van der Waals surface area contributed by atoms with Crippen molar-refractivity contribution in [3.05, 3.63) is 29.6 Å². The average molecular weight is 327 g/mol. The monoisotopic (exact) mass is 327 g/mol. The van der Waals surface area contributed by atoms with Crippen LogP contribution in [0.3, 0.4) is 0 Å². The van der Waals surface area contributed by atoms with Crippen LogP contribution in [0.2, 0.25) is 0 Å². The quantitative estimate of drug-likeness (QED) is 0.934. The molecule has 1 saturated carbocycles. The normalized spacial score (nSPS) is 21.2. The van der Waals surface area contributed by atoms with Crippen LogP contribution in [0.1, 0.15) is 54.7 Å². The molecule has 0 aromatic carbocycles. The van der Waals surface area contributed by atoms with Crippen molar-refractivity contribution in [2.24, 2.45) is 5.92 Å². The number of nitrogens with zero attached hydrogens (tertiary/aromatic N) is 3. The van der Waals surface area contributed by atoms with Crippen molar-refractivity contribution in [2.75, 3.05) is 13.1 Å². The zero-order chi connectivity index (χ0) is 16.8. The summed E-state index contributed by atoms with van der Waals surface area (Å²) in [6.07, 6.45) is 6.87. The highest BCUT2D eigenvalue weighted by Gasteiger charge is 2.34. The SMILES string of the molecule is Cc1c(C(=O)O)c2cccnc2n1[C@H](C)C1CCN(C2CC2)CC1. The smallest absolute Gasteiger partial charge is 0.338 e. The molecular weight excluding hydrogens is 302 g/mol. The van der Waals surface area contributed by atoms with Gasteiger partial charge in [0.15, 0.2) is 0 Å². The van der Waals surface area contributed by atoms with E-state index in [1.165, 1.54) is 38.8 Å². The summed E-state index contributed by atoms with van der Waals surface area (Å²) in [6, 6.07) is 4.81. The van der Waals surface area contributed by atoms with Gasteiger partial charge in [-0.05, 0) is 70.7 Å². The van der Waals surface area contributed by atoms with Crippen LogP contribution in [-0.2, 0) is 0 Å². The maximum absolute atomic E-state index is 11.7. The Hall–Kier alpha value is -1.88. The number of pyridine rings is 1. The largest absolute Gasteiger partial charge is 0.478 e. The van der Waals surface area contributed by atoms with Gasteiger partial charge in [-0.3, -0.25) is 0 Å². The Kier molecular flexibility index (Phi) is 3.83.